The first-order valence-electron chi connectivity index (χ1n) is 12.1. The quantitative estimate of drug-likeness (QED) is 0.317. The molecule has 1 aromatic carbocycles. The molecule has 1 aliphatic carbocycles. The minimum atomic E-state index is -1.80. The van der Waals surface area contributed by atoms with Crippen LogP contribution in [0.3, 0.4) is 0 Å². The fourth-order valence-corrected chi connectivity index (χ4v) is 4.20. The lowest BCUT2D eigenvalue weighted by Gasteiger charge is -2.35. The molecule has 38 heavy (non-hydrogen) atoms. The number of amides is 1. The van der Waals surface area contributed by atoms with Crippen molar-refractivity contribution in [2.75, 3.05) is 6.61 Å². The molecule has 0 heterocycles. The molecule has 0 spiro atoms. The maximum absolute atomic E-state index is 13.5. The van der Waals surface area contributed by atoms with Crippen molar-refractivity contribution < 1.29 is 52.5 Å². The number of fused-ring (bicyclic) bond motifs is 1. The summed E-state index contributed by atoms with van der Waals surface area (Å²) in [6, 6.07) is 7.46. The Morgan fingerprint density at radius 3 is 1.87 bits per heavy atom. The molecule has 0 saturated carbocycles. The molecular weight excluding hydrogens is 502 g/mol. The van der Waals surface area contributed by atoms with Crippen molar-refractivity contribution >= 4 is 35.8 Å². The fourth-order valence-electron chi connectivity index (χ4n) is 4.20. The van der Waals surface area contributed by atoms with E-state index in [1.165, 1.54) is 0 Å². The largest absolute Gasteiger partial charge is 0.462 e. The summed E-state index contributed by atoms with van der Waals surface area (Å²) in [7, 11) is 0. The van der Waals surface area contributed by atoms with Gasteiger partial charge in [-0.25, -0.2) is 0 Å². The van der Waals surface area contributed by atoms with Crippen LogP contribution in [0.15, 0.2) is 24.3 Å². The lowest BCUT2D eigenvalue weighted by molar-refractivity contribution is -0.203. The minimum Gasteiger partial charge on any atom is -0.462 e. The van der Waals surface area contributed by atoms with E-state index in [1.807, 2.05) is 24.3 Å². The van der Waals surface area contributed by atoms with E-state index in [1.54, 1.807) is 0 Å². The summed E-state index contributed by atoms with van der Waals surface area (Å²) >= 11 is 0. The van der Waals surface area contributed by atoms with Crippen molar-refractivity contribution in [1.29, 1.82) is 0 Å². The normalized spacial score (nSPS) is 17.3. The summed E-state index contributed by atoms with van der Waals surface area (Å²) < 4.78 is 26.0. The van der Waals surface area contributed by atoms with Gasteiger partial charge in [-0.15, -0.1) is 0 Å². The van der Waals surface area contributed by atoms with Gasteiger partial charge < -0.3 is 29.0 Å². The van der Waals surface area contributed by atoms with Crippen molar-refractivity contribution in [3.05, 3.63) is 35.4 Å². The van der Waals surface area contributed by atoms with E-state index >= 15 is 0 Å². The van der Waals surface area contributed by atoms with Gasteiger partial charge in [-0.2, -0.15) is 0 Å². The van der Waals surface area contributed by atoms with Crippen molar-refractivity contribution in [1.82, 2.24) is 5.32 Å². The van der Waals surface area contributed by atoms with E-state index < -0.39 is 66.8 Å². The maximum Gasteiger partial charge on any atom is 0.303 e. The zero-order valence-electron chi connectivity index (χ0n) is 22.0. The third-order valence-corrected chi connectivity index (χ3v) is 5.61. The van der Waals surface area contributed by atoms with Crippen LogP contribution in [0.1, 0.15) is 52.2 Å². The zero-order valence-corrected chi connectivity index (χ0v) is 22.0. The molecular formula is C26H33NO11. The topological polar surface area (TPSA) is 161 Å². The van der Waals surface area contributed by atoms with Gasteiger partial charge in [0, 0.05) is 40.7 Å². The second-order valence-electron chi connectivity index (χ2n) is 8.85. The molecule has 0 saturated heterocycles. The highest BCUT2D eigenvalue weighted by Gasteiger charge is 2.47. The minimum absolute atomic E-state index is 0.328. The number of benzene rings is 1. The molecule has 0 aliphatic heterocycles. The maximum atomic E-state index is 13.5. The summed E-state index contributed by atoms with van der Waals surface area (Å²) in [5.41, 5.74) is 2.22. The van der Waals surface area contributed by atoms with Gasteiger partial charge >= 0.3 is 29.8 Å². The number of hydrogen-bond donors (Lipinski definition) is 1. The van der Waals surface area contributed by atoms with Crippen LogP contribution in [0.5, 0.6) is 0 Å². The lowest BCUT2D eigenvalue weighted by Crippen LogP contribution is -2.58. The molecule has 1 amide bonds. The van der Waals surface area contributed by atoms with E-state index in [4.69, 9.17) is 23.7 Å². The van der Waals surface area contributed by atoms with Gasteiger partial charge in [0.15, 0.2) is 18.3 Å². The smallest absolute Gasteiger partial charge is 0.303 e. The summed E-state index contributed by atoms with van der Waals surface area (Å²) in [6.07, 6.45) is -4.91. The fraction of sp³-hybridized carbons (Fsp3) is 0.538. The van der Waals surface area contributed by atoms with Crippen LogP contribution in [0.25, 0.3) is 0 Å². The number of aryl methyl sites for hydroxylation is 1. The highest BCUT2D eigenvalue weighted by Crippen LogP contribution is 2.23. The second-order valence-corrected chi connectivity index (χ2v) is 8.85. The Bertz CT molecular complexity index is 1050. The Morgan fingerprint density at radius 1 is 0.763 bits per heavy atom. The Balaban J connectivity index is 2.43. The lowest BCUT2D eigenvalue weighted by atomic mass is 9.88. The van der Waals surface area contributed by atoms with Gasteiger partial charge in [-0.3, -0.25) is 28.8 Å². The number of carbonyl (C=O) groups excluding carboxylic acids is 6. The summed E-state index contributed by atoms with van der Waals surface area (Å²) in [5.74, 6) is -5.07. The monoisotopic (exact) mass is 535 g/mol. The van der Waals surface area contributed by atoms with Crippen molar-refractivity contribution in [3.63, 3.8) is 0 Å². The average Bonchev–Trinajstić information content (AvgIpc) is 2.81. The van der Waals surface area contributed by atoms with Crippen LogP contribution in [0, 0.1) is 0 Å². The average molecular weight is 536 g/mol. The SMILES string of the molecule is CC(=O)OC[C@@H](OC(C)=O)[C@@H](OC(C)=O)[C@H](OC(C)=O)[C@H](OC(C)=O)C(=O)N[C@@H]1CCc2ccccc2C1. The molecule has 1 aliphatic rings. The van der Waals surface area contributed by atoms with Crippen LogP contribution >= 0.6 is 0 Å². The van der Waals surface area contributed by atoms with Crippen molar-refractivity contribution in [2.45, 2.75) is 84.3 Å². The molecule has 12 heteroatoms. The van der Waals surface area contributed by atoms with Gasteiger partial charge in [0.05, 0.1) is 0 Å². The van der Waals surface area contributed by atoms with Crippen LogP contribution in [0.4, 0.5) is 0 Å². The van der Waals surface area contributed by atoms with Crippen LogP contribution < -0.4 is 5.32 Å². The van der Waals surface area contributed by atoms with Crippen LogP contribution in [-0.2, 0) is 65.3 Å². The molecule has 0 radical (unpaired) electrons. The van der Waals surface area contributed by atoms with Gasteiger partial charge in [0.2, 0.25) is 6.10 Å². The predicted molar refractivity (Wildman–Crippen MR) is 129 cm³/mol. The molecule has 0 unspecified atom stereocenters. The van der Waals surface area contributed by atoms with Crippen LogP contribution in [0.2, 0.25) is 0 Å². The number of hydrogen-bond acceptors (Lipinski definition) is 11. The Labute approximate surface area is 220 Å². The van der Waals surface area contributed by atoms with E-state index in [0.29, 0.717) is 19.3 Å². The first-order valence-corrected chi connectivity index (χ1v) is 12.1. The number of esters is 5. The number of nitrogens with one attached hydrogen (secondary N) is 1. The summed E-state index contributed by atoms with van der Waals surface area (Å²) in [4.78, 5) is 72.8. The van der Waals surface area contributed by atoms with Gasteiger partial charge in [0.1, 0.15) is 6.61 Å². The molecule has 0 bridgehead atoms. The van der Waals surface area contributed by atoms with Gasteiger partial charge in [0.25, 0.3) is 5.91 Å². The number of ether oxygens (including phenoxy) is 5. The first kappa shape index (κ1) is 30.3. The molecule has 1 N–H and O–H groups in total. The van der Waals surface area contributed by atoms with E-state index in [2.05, 4.69) is 5.32 Å². The Hall–Kier alpha value is -3.96. The van der Waals surface area contributed by atoms with E-state index in [0.717, 1.165) is 45.7 Å². The molecule has 0 aromatic heterocycles. The molecule has 5 atom stereocenters. The molecule has 0 fully saturated rings. The highest BCUT2D eigenvalue weighted by atomic mass is 16.6. The zero-order chi connectivity index (χ0) is 28.4. The number of carbonyl (C=O) groups is 6. The standard InChI is InChI=1S/C26H33NO11/c1-14(28)34-13-22(35-15(2)29)23(36-16(3)30)24(37-17(4)31)25(38-18(5)32)26(33)27-21-11-10-19-8-6-7-9-20(19)12-21/h6-9,21-25H,10-13H2,1-5H3,(H,27,33)/t21-,22-,23-,24+,25+/m1/s1. The van der Waals surface area contributed by atoms with E-state index in [9.17, 15) is 28.8 Å². The third-order valence-electron chi connectivity index (χ3n) is 5.61. The molecule has 208 valence electrons. The Morgan fingerprint density at radius 2 is 1.32 bits per heavy atom. The van der Waals surface area contributed by atoms with Crippen LogP contribution in [-0.4, -0.2) is 72.8 Å². The summed E-state index contributed by atoms with van der Waals surface area (Å²) in [5, 5.41) is 2.82. The number of rotatable bonds is 11. The van der Waals surface area contributed by atoms with Gasteiger partial charge in [-0.1, -0.05) is 24.3 Å². The molecule has 12 nitrogen and oxygen atoms in total. The Kier molecular flexibility index (Phi) is 11.2. The first-order chi connectivity index (χ1) is 17.9. The van der Waals surface area contributed by atoms with E-state index in [-0.39, 0.29) is 6.04 Å². The highest BCUT2D eigenvalue weighted by molar-refractivity contribution is 5.85. The van der Waals surface area contributed by atoms with Crippen molar-refractivity contribution in [3.8, 4) is 0 Å². The molecule has 2 rings (SSSR count). The summed E-state index contributed by atoms with van der Waals surface area (Å²) in [6.45, 7) is 4.68. The second kappa shape index (κ2) is 14.1. The van der Waals surface area contributed by atoms with Crippen molar-refractivity contribution in [2.24, 2.45) is 0 Å². The third kappa shape index (κ3) is 9.49. The molecule has 1 aromatic rings. The predicted octanol–water partition coefficient (Wildman–Crippen LogP) is 0.950. The van der Waals surface area contributed by atoms with Gasteiger partial charge in [-0.05, 0) is 30.4 Å².